The van der Waals surface area contributed by atoms with Crippen LogP contribution in [-0.4, -0.2) is 52.9 Å². The minimum Gasteiger partial charge on any atom is -0.352 e. The van der Waals surface area contributed by atoms with E-state index in [1.54, 1.807) is 13.8 Å². The zero-order valence-corrected chi connectivity index (χ0v) is 19.2. The van der Waals surface area contributed by atoms with Gasteiger partial charge in [-0.25, -0.2) is 25.5 Å². The molecular weight excluding hydrogens is 445 g/mol. The molecule has 0 saturated carbocycles. The van der Waals surface area contributed by atoms with Crippen LogP contribution in [0.25, 0.3) is 0 Å². The maximum absolute atomic E-state index is 13.0. The van der Waals surface area contributed by atoms with E-state index in [0.29, 0.717) is 18.5 Å². The van der Waals surface area contributed by atoms with Crippen molar-refractivity contribution >= 4 is 31.6 Å². The summed E-state index contributed by atoms with van der Waals surface area (Å²) < 4.78 is 65.1. The van der Waals surface area contributed by atoms with Gasteiger partial charge in [0.15, 0.2) is 0 Å². The highest BCUT2D eigenvalue weighted by molar-refractivity contribution is 7.92. The highest BCUT2D eigenvalue weighted by atomic mass is 32.2. The van der Waals surface area contributed by atoms with Crippen LogP contribution in [0.2, 0.25) is 0 Å². The van der Waals surface area contributed by atoms with Crippen molar-refractivity contribution in [3.63, 3.8) is 0 Å². The molecule has 0 spiro atoms. The third kappa shape index (κ3) is 7.01. The molecule has 2 aromatic carbocycles. The Labute approximate surface area is 182 Å². The van der Waals surface area contributed by atoms with Gasteiger partial charge in [0.2, 0.25) is 10.0 Å². The van der Waals surface area contributed by atoms with Crippen LogP contribution >= 0.6 is 0 Å². The second kappa shape index (κ2) is 10.2. The number of aryl methyl sites for hydroxylation is 1. The van der Waals surface area contributed by atoms with Gasteiger partial charge in [-0.15, -0.1) is 0 Å². The summed E-state index contributed by atoms with van der Waals surface area (Å²) in [5.74, 6) is -0.949. The molecule has 0 heterocycles. The van der Waals surface area contributed by atoms with Crippen molar-refractivity contribution in [1.82, 2.24) is 9.62 Å². The van der Waals surface area contributed by atoms with E-state index in [1.807, 2.05) is 0 Å². The van der Waals surface area contributed by atoms with E-state index in [2.05, 4.69) is 10.0 Å². The molecule has 170 valence electrons. The minimum absolute atomic E-state index is 0.109. The Morgan fingerprint density at radius 2 is 1.71 bits per heavy atom. The van der Waals surface area contributed by atoms with Gasteiger partial charge in [0.25, 0.3) is 15.9 Å². The fourth-order valence-corrected chi connectivity index (χ4v) is 4.87. The van der Waals surface area contributed by atoms with Crippen molar-refractivity contribution < 1.29 is 26.0 Å². The van der Waals surface area contributed by atoms with Crippen LogP contribution in [-0.2, 0) is 20.0 Å². The number of hydrogen-bond acceptors (Lipinski definition) is 5. The average molecular weight is 472 g/mol. The zero-order valence-electron chi connectivity index (χ0n) is 17.6. The normalized spacial score (nSPS) is 12.0. The number of nitrogens with one attached hydrogen (secondary N) is 2. The van der Waals surface area contributed by atoms with Gasteiger partial charge < -0.3 is 5.32 Å². The monoisotopic (exact) mass is 471 g/mol. The summed E-state index contributed by atoms with van der Waals surface area (Å²) in [5.41, 5.74) is 0.973. The van der Waals surface area contributed by atoms with Crippen molar-refractivity contribution in [3.05, 3.63) is 59.4 Å². The number of sulfonamides is 2. The zero-order chi connectivity index (χ0) is 23.2. The lowest BCUT2D eigenvalue weighted by Gasteiger charge is -2.17. The molecule has 2 rings (SSSR count). The standard InChI is InChI=1S/C20H26FN3O5S2/c1-4-24(30(3,26)27)13-5-12-22-20(25)19-14-18(11-6-15(19)2)31(28,29)23-17-9-7-16(21)8-10-17/h6-11,14,23H,4-5,12-13H2,1-3H3,(H,22,25). The molecule has 0 aliphatic heterocycles. The summed E-state index contributed by atoms with van der Waals surface area (Å²) in [6.45, 7) is 4.25. The minimum atomic E-state index is -3.98. The van der Waals surface area contributed by atoms with Gasteiger partial charge in [-0.3, -0.25) is 9.52 Å². The van der Waals surface area contributed by atoms with Gasteiger partial charge in [-0.1, -0.05) is 13.0 Å². The number of hydrogen-bond donors (Lipinski definition) is 2. The van der Waals surface area contributed by atoms with Crippen molar-refractivity contribution in [2.45, 2.75) is 25.2 Å². The van der Waals surface area contributed by atoms with E-state index in [9.17, 15) is 26.0 Å². The first kappa shape index (κ1) is 24.8. The van der Waals surface area contributed by atoms with Crippen molar-refractivity contribution in [3.8, 4) is 0 Å². The number of nitrogens with zero attached hydrogens (tertiary/aromatic N) is 1. The molecular formula is C20H26FN3O5S2. The van der Waals surface area contributed by atoms with Crippen LogP contribution < -0.4 is 10.0 Å². The molecule has 0 radical (unpaired) electrons. The summed E-state index contributed by atoms with van der Waals surface area (Å²) in [7, 11) is -7.28. The van der Waals surface area contributed by atoms with Gasteiger partial charge in [-0.2, -0.15) is 0 Å². The van der Waals surface area contributed by atoms with Crippen LogP contribution in [0.3, 0.4) is 0 Å². The molecule has 0 aliphatic rings. The lowest BCUT2D eigenvalue weighted by Crippen LogP contribution is -2.33. The molecule has 0 bridgehead atoms. The molecule has 0 atom stereocenters. The third-order valence-corrected chi connectivity index (χ3v) is 7.31. The van der Waals surface area contributed by atoms with Gasteiger partial charge in [0.05, 0.1) is 11.2 Å². The first-order chi connectivity index (χ1) is 14.4. The molecule has 1 amide bonds. The number of amides is 1. The van der Waals surface area contributed by atoms with E-state index in [0.717, 1.165) is 18.4 Å². The molecule has 0 aliphatic carbocycles. The molecule has 0 saturated heterocycles. The van der Waals surface area contributed by atoms with Crippen LogP contribution in [0.4, 0.5) is 10.1 Å². The maximum atomic E-state index is 13.0. The fourth-order valence-electron chi connectivity index (χ4n) is 2.86. The fraction of sp³-hybridized carbons (Fsp3) is 0.350. The number of carbonyl (C=O) groups excluding carboxylic acids is 1. The molecule has 2 N–H and O–H groups in total. The summed E-state index contributed by atoms with van der Waals surface area (Å²) in [5, 5.41) is 2.69. The predicted molar refractivity (Wildman–Crippen MR) is 117 cm³/mol. The molecule has 11 heteroatoms. The SMILES string of the molecule is CCN(CCCNC(=O)c1cc(S(=O)(=O)Nc2ccc(F)cc2)ccc1C)S(C)(=O)=O. The number of rotatable bonds is 10. The van der Waals surface area contributed by atoms with Gasteiger partial charge in [0, 0.05) is 30.9 Å². The molecule has 31 heavy (non-hydrogen) atoms. The van der Waals surface area contributed by atoms with Gasteiger partial charge in [-0.05, 0) is 55.3 Å². The summed E-state index contributed by atoms with van der Waals surface area (Å²) >= 11 is 0. The van der Waals surface area contributed by atoms with Crippen molar-refractivity contribution in [2.75, 3.05) is 30.6 Å². The third-order valence-electron chi connectivity index (χ3n) is 4.55. The first-order valence-corrected chi connectivity index (χ1v) is 12.9. The molecule has 0 fully saturated rings. The number of carbonyl (C=O) groups is 1. The lowest BCUT2D eigenvalue weighted by atomic mass is 10.1. The second-order valence-electron chi connectivity index (χ2n) is 6.95. The maximum Gasteiger partial charge on any atom is 0.261 e. The van der Waals surface area contributed by atoms with Gasteiger partial charge in [0.1, 0.15) is 5.82 Å². The van der Waals surface area contributed by atoms with Crippen LogP contribution in [0.1, 0.15) is 29.3 Å². The highest BCUT2D eigenvalue weighted by Crippen LogP contribution is 2.19. The average Bonchev–Trinajstić information content (AvgIpc) is 2.68. The Bertz CT molecular complexity index is 1130. The summed E-state index contributed by atoms with van der Waals surface area (Å²) in [6.07, 6.45) is 1.54. The molecule has 2 aromatic rings. The van der Waals surface area contributed by atoms with E-state index in [4.69, 9.17) is 0 Å². The first-order valence-electron chi connectivity index (χ1n) is 9.56. The summed E-state index contributed by atoms with van der Waals surface area (Å²) in [4.78, 5) is 12.4. The predicted octanol–water partition coefficient (Wildman–Crippen LogP) is 2.34. The Morgan fingerprint density at radius 3 is 2.29 bits per heavy atom. The second-order valence-corrected chi connectivity index (χ2v) is 10.6. The smallest absolute Gasteiger partial charge is 0.261 e. The van der Waals surface area contributed by atoms with Crippen molar-refractivity contribution in [1.29, 1.82) is 0 Å². The van der Waals surface area contributed by atoms with Gasteiger partial charge >= 0.3 is 0 Å². The van der Waals surface area contributed by atoms with Crippen LogP contribution in [0.15, 0.2) is 47.4 Å². The van der Waals surface area contributed by atoms with E-state index >= 15 is 0 Å². The molecule has 0 unspecified atom stereocenters. The van der Waals surface area contributed by atoms with E-state index in [1.165, 1.54) is 34.6 Å². The Balaban J connectivity index is 2.07. The Kier molecular flexibility index (Phi) is 8.15. The quantitative estimate of drug-likeness (QED) is 0.517. The molecule has 8 nitrogen and oxygen atoms in total. The lowest BCUT2D eigenvalue weighted by molar-refractivity contribution is 0.0952. The van der Waals surface area contributed by atoms with Crippen molar-refractivity contribution in [2.24, 2.45) is 0 Å². The van der Waals surface area contributed by atoms with E-state index in [-0.39, 0.29) is 29.2 Å². The highest BCUT2D eigenvalue weighted by Gasteiger charge is 2.19. The van der Waals surface area contributed by atoms with Crippen LogP contribution in [0.5, 0.6) is 0 Å². The molecule has 0 aromatic heterocycles. The Morgan fingerprint density at radius 1 is 1.06 bits per heavy atom. The van der Waals surface area contributed by atoms with E-state index < -0.39 is 31.8 Å². The number of benzene rings is 2. The topological polar surface area (TPSA) is 113 Å². The largest absolute Gasteiger partial charge is 0.352 e. The number of anilines is 1. The number of halogens is 1. The summed E-state index contributed by atoms with van der Waals surface area (Å²) in [6, 6.07) is 9.03. The Hall–Kier alpha value is -2.50. The van der Waals surface area contributed by atoms with Crippen LogP contribution in [0, 0.1) is 12.7 Å².